The Morgan fingerprint density at radius 3 is 2.80 bits per heavy atom. The zero-order valence-corrected chi connectivity index (χ0v) is 5.86. The van der Waals surface area contributed by atoms with E-state index >= 15 is 0 Å². The minimum Gasteiger partial charge on any atom is -0.345 e. The predicted molar refractivity (Wildman–Crippen MR) is 38.2 cm³/mol. The van der Waals surface area contributed by atoms with E-state index in [9.17, 15) is 4.79 Å². The number of carbonyl (C=O) groups is 1. The van der Waals surface area contributed by atoms with Gasteiger partial charge in [-0.2, -0.15) is 0 Å². The molecular formula is C3H8ClN5O. The van der Waals surface area contributed by atoms with Crippen molar-refractivity contribution in [3.63, 3.8) is 0 Å². The van der Waals surface area contributed by atoms with Crippen LogP contribution in [-0.2, 0) is 4.79 Å². The molecule has 0 radical (unpaired) electrons. The Morgan fingerprint density at radius 2 is 2.40 bits per heavy atom. The molecule has 0 aromatic rings. The molecule has 0 spiro atoms. The number of nitrogens with one attached hydrogen (secondary N) is 3. The summed E-state index contributed by atoms with van der Waals surface area (Å²) in [6.45, 7) is 0.211. The minimum atomic E-state index is -0.172. The average molecular weight is 166 g/mol. The van der Waals surface area contributed by atoms with Crippen molar-refractivity contribution in [3.8, 4) is 0 Å². The molecule has 58 valence electrons. The Hall–Kier alpha value is -1.01. The highest BCUT2D eigenvalue weighted by atomic mass is 35.5. The van der Waals surface area contributed by atoms with Crippen LogP contribution in [0.3, 0.4) is 0 Å². The maximum absolute atomic E-state index is 10.4. The summed E-state index contributed by atoms with van der Waals surface area (Å²) >= 11 is 0. The number of nitrogens with two attached hydrogens (primary N) is 1. The van der Waals surface area contributed by atoms with E-state index in [-0.39, 0.29) is 24.9 Å². The Morgan fingerprint density at radius 1 is 1.70 bits per heavy atom. The van der Waals surface area contributed by atoms with Crippen LogP contribution >= 0.6 is 12.4 Å². The monoisotopic (exact) mass is 165 g/mol. The van der Waals surface area contributed by atoms with Crippen LogP contribution in [0, 0.1) is 0 Å². The summed E-state index contributed by atoms with van der Waals surface area (Å²) in [6.07, 6.45) is 0. The van der Waals surface area contributed by atoms with E-state index < -0.39 is 0 Å². The molecule has 0 aromatic heterocycles. The molecule has 1 amide bonds. The molecule has 1 aliphatic heterocycles. The second-order valence-corrected chi connectivity index (χ2v) is 1.49. The van der Waals surface area contributed by atoms with Gasteiger partial charge in [-0.15, -0.1) is 17.5 Å². The van der Waals surface area contributed by atoms with Gasteiger partial charge in [0.15, 0.2) is 0 Å². The Labute approximate surface area is 63.6 Å². The summed E-state index contributed by atoms with van der Waals surface area (Å²) in [4.78, 5) is 10.4. The molecule has 0 aliphatic carbocycles. The molecule has 5 N–H and O–H groups in total. The van der Waals surface area contributed by atoms with Crippen LogP contribution in [0.2, 0.25) is 0 Å². The lowest BCUT2D eigenvalue weighted by molar-refractivity contribution is -0.120. The first-order valence-electron chi connectivity index (χ1n) is 2.40. The van der Waals surface area contributed by atoms with Gasteiger partial charge in [-0.05, 0) is 0 Å². The third-order valence-electron chi connectivity index (χ3n) is 0.846. The van der Waals surface area contributed by atoms with Crippen molar-refractivity contribution >= 4 is 24.3 Å². The van der Waals surface area contributed by atoms with E-state index in [0.717, 1.165) is 0 Å². The fraction of sp³-hybridized carbons (Fsp3) is 0.333. The largest absolute Gasteiger partial charge is 0.345 e. The number of guanidine groups is 1. The SMILES string of the molecule is Cl.NNC1=NNC(=O)CN1. The zero-order chi connectivity index (χ0) is 6.69. The summed E-state index contributed by atoms with van der Waals surface area (Å²) in [6, 6.07) is 0. The first-order valence-corrected chi connectivity index (χ1v) is 2.40. The predicted octanol–water partition coefficient (Wildman–Crippen LogP) is -2.14. The number of hydrazone groups is 1. The van der Waals surface area contributed by atoms with Gasteiger partial charge >= 0.3 is 0 Å². The Bertz CT molecular complexity index is 157. The highest BCUT2D eigenvalue weighted by molar-refractivity contribution is 5.90. The van der Waals surface area contributed by atoms with Gasteiger partial charge in [0.2, 0.25) is 5.96 Å². The van der Waals surface area contributed by atoms with Crippen LogP contribution in [0.4, 0.5) is 0 Å². The maximum Gasteiger partial charge on any atom is 0.259 e. The number of carbonyl (C=O) groups excluding carboxylic acids is 1. The first-order chi connectivity index (χ1) is 4.33. The maximum atomic E-state index is 10.4. The molecule has 0 unspecified atom stereocenters. The number of rotatable bonds is 0. The summed E-state index contributed by atoms with van der Waals surface area (Å²) in [5.41, 5.74) is 4.48. The fourth-order valence-corrected chi connectivity index (χ4v) is 0.445. The van der Waals surface area contributed by atoms with E-state index in [1.165, 1.54) is 0 Å². The average Bonchev–Trinajstić information content (AvgIpc) is 1.90. The van der Waals surface area contributed by atoms with Gasteiger partial charge in [0.05, 0.1) is 6.54 Å². The van der Waals surface area contributed by atoms with Crippen molar-refractivity contribution in [1.82, 2.24) is 16.2 Å². The van der Waals surface area contributed by atoms with Gasteiger partial charge in [0, 0.05) is 0 Å². The minimum absolute atomic E-state index is 0. The van der Waals surface area contributed by atoms with Crippen LogP contribution in [0.1, 0.15) is 0 Å². The number of hydrogen-bond donors (Lipinski definition) is 4. The number of hydrogen-bond acceptors (Lipinski definition) is 5. The van der Waals surface area contributed by atoms with Gasteiger partial charge in [0.1, 0.15) is 0 Å². The third kappa shape index (κ3) is 2.08. The molecule has 0 saturated heterocycles. The van der Waals surface area contributed by atoms with E-state index in [0.29, 0.717) is 5.96 Å². The summed E-state index contributed by atoms with van der Waals surface area (Å²) < 4.78 is 0. The standard InChI is InChI=1S/C3H7N5O.ClH/c4-6-3-5-1-2(9)7-8-3;/h1,4H2,(H,7,9)(H2,5,6,8);1H. The smallest absolute Gasteiger partial charge is 0.259 e. The van der Waals surface area contributed by atoms with Crippen LogP contribution in [0.15, 0.2) is 5.10 Å². The van der Waals surface area contributed by atoms with Crippen molar-refractivity contribution in [1.29, 1.82) is 0 Å². The van der Waals surface area contributed by atoms with Crippen molar-refractivity contribution in [2.45, 2.75) is 0 Å². The summed E-state index contributed by atoms with van der Waals surface area (Å²) in [5, 5.41) is 6.12. The molecule has 0 aromatic carbocycles. The first kappa shape index (κ1) is 8.99. The van der Waals surface area contributed by atoms with Crippen LogP contribution < -0.4 is 22.0 Å². The second-order valence-electron chi connectivity index (χ2n) is 1.49. The van der Waals surface area contributed by atoms with Crippen LogP contribution in [0.25, 0.3) is 0 Å². The molecule has 0 saturated carbocycles. The van der Waals surface area contributed by atoms with Crippen molar-refractivity contribution < 1.29 is 4.79 Å². The molecule has 1 aliphatic rings. The number of nitrogens with zero attached hydrogens (tertiary/aromatic N) is 1. The van der Waals surface area contributed by atoms with E-state index in [2.05, 4.69) is 21.3 Å². The van der Waals surface area contributed by atoms with Crippen molar-refractivity contribution in [2.75, 3.05) is 6.54 Å². The van der Waals surface area contributed by atoms with Gasteiger partial charge in [-0.3, -0.25) is 10.2 Å². The van der Waals surface area contributed by atoms with Gasteiger partial charge < -0.3 is 5.32 Å². The highest BCUT2D eigenvalue weighted by Crippen LogP contribution is 1.73. The van der Waals surface area contributed by atoms with Gasteiger partial charge in [-0.1, -0.05) is 0 Å². The van der Waals surface area contributed by atoms with E-state index in [1.807, 2.05) is 0 Å². The number of hydrazine groups is 1. The van der Waals surface area contributed by atoms with E-state index in [4.69, 9.17) is 5.84 Å². The van der Waals surface area contributed by atoms with Crippen molar-refractivity contribution in [3.05, 3.63) is 0 Å². The lowest BCUT2D eigenvalue weighted by atomic mass is 10.6. The fourth-order valence-electron chi connectivity index (χ4n) is 0.445. The molecule has 6 nitrogen and oxygen atoms in total. The zero-order valence-electron chi connectivity index (χ0n) is 5.05. The molecule has 0 atom stereocenters. The summed E-state index contributed by atoms with van der Waals surface area (Å²) in [7, 11) is 0. The third-order valence-corrected chi connectivity index (χ3v) is 0.846. The van der Waals surface area contributed by atoms with Crippen LogP contribution in [-0.4, -0.2) is 18.4 Å². The van der Waals surface area contributed by atoms with Gasteiger partial charge in [0.25, 0.3) is 5.91 Å². The molecule has 0 fully saturated rings. The molecule has 1 heterocycles. The Kier molecular flexibility index (Phi) is 3.52. The van der Waals surface area contributed by atoms with Gasteiger partial charge in [-0.25, -0.2) is 11.3 Å². The molecular weight excluding hydrogens is 158 g/mol. The van der Waals surface area contributed by atoms with Crippen molar-refractivity contribution in [2.24, 2.45) is 10.9 Å². The second kappa shape index (κ2) is 3.91. The van der Waals surface area contributed by atoms with Crippen LogP contribution in [0.5, 0.6) is 0 Å². The summed E-state index contributed by atoms with van der Waals surface area (Å²) in [5.74, 6) is 5.15. The quantitative estimate of drug-likeness (QED) is 0.244. The Balaban J connectivity index is 0.000000810. The normalized spacial score (nSPS) is 15.7. The highest BCUT2D eigenvalue weighted by Gasteiger charge is 2.06. The molecule has 10 heavy (non-hydrogen) atoms. The molecule has 1 rings (SSSR count). The number of amides is 1. The topological polar surface area (TPSA) is 91.5 Å². The number of halogens is 1. The lowest BCUT2D eigenvalue weighted by Gasteiger charge is -2.12. The molecule has 0 bridgehead atoms. The van der Waals surface area contributed by atoms with E-state index in [1.54, 1.807) is 0 Å². The molecule has 7 heteroatoms. The lowest BCUT2D eigenvalue weighted by Crippen LogP contribution is -2.50.